The zero-order valence-electron chi connectivity index (χ0n) is 15.3. The summed E-state index contributed by atoms with van der Waals surface area (Å²) in [5.74, 6) is 0. The van der Waals surface area contributed by atoms with Crippen LogP contribution < -0.4 is 5.32 Å². The summed E-state index contributed by atoms with van der Waals surface area (Å²) in [6.07, 6.45) is 14.2. The van der Waals surface area contributed by atoms with E-state index in [2.05, 4.69) is 19.2 Å². The van der Waals surface area contributed by atoms with Crippen LogP contribution in [0.15, 0.2) is 0 Å². The van der Waals surface area contributed by atoms with Gasteiger partial charge in [-0.1, -0.05) is 52.4 Å². The van der Waals surface area contributed by atoms with Gasteiger partial charge in [-0.15, -0.1) is 0 Å². The summed E-state index contributed by atoms with van der Waals surface area (Å²) in [5.41, 5.74) is 0. The molecular formula is C19H41NO2. The molecule has 134 valence electrons. The van der Waals surface area contributed by atoms with Crippen molar-refractivity contribution in [1.82, 2.24) is 5.32 Å². The lowest BCUT2D eigenvalue weighted by Crippen LogP contribution is -2.16. The third kappa shape index (κ3) is 19.9. The van der Waals surface area contributed by atoms with E-state index in [1.54, 1.807) is 0 Å². The van der Waals surface area contributed by atoms with Gasteiger partial charge in [0, 0.05) is 26.4 Å². The highest BCUT2D eigenvalue weighted by Gasteiger charge is 1.94. The van der Waals surface area contributed by atoms with Gasteiger partial charge in [-0.2, -0.15) is 0 Å². The molecule has 3 nitrogen and oxygen atoms in total. The molecule has 0 aromatic heterocycles. The summed E-state index contributed by atoms with van der Waals surface area (Å²) >= 11 is 0. The van der Waals surface area contributed by atoms with Crippen LogP contribution in [0.3, 0.4) is 0 Å². The van der Waals surface area contributed by atoms with Crippen molar-refractivity contribution in [1.29, 1.82) is 0 Å². The zero-order chi connectivity index (χ0) is 16.1. The van der Waals surface area contributed by atoms with Gasteiger partial charge in [0.2, 0.25) is 0 Å². The Kier molecular flexibility index (Phi) is 20.8. The van der Waals surface area contributed by atoms with Crippen LogP contribution in [0.5, 0.6) is 0 Å². The molecule has 0 radical (unpaired) electrons. The first kappa shape index (κ1) is 21.9. The molecule has 0 saturated carbocycles. The molecule has 0 aliphatic heterocycles. The summed E-state index contributed by atoms with van der Waals surface area (Å²) < 4.78 is 11.0. The van der Waals surface area contributed by atoms with Gasteiger partial charge in [0.1, 0.15) is 0 Å². The summed E-state index contributed by atoms with van der Waals surface area (Å²) in [7, 11) is 0. The predicted molar refractivity (Wildman–Crippen MR) is 96.6 cm³/mol. The molecule has 0 bridgehead atoms. The van der Waals surface area contributed by atoms with Crippen LogP contribution in [-0.4, -0.2) is 39.5 Å². The van der Waals surface area contributed by atoms with E-state index in [1.165, 1.54) is 70.9 Å². The summed E-state index contributed by atoms with van der Waals surface area (Å²) in [5, 5.41) is 3.51. The van der Waals surface area contributed by atoms with Crippen molar-refractivity contribution in [3.8, 4) is 0 Å². The van der Waals surface area contributed by atoms with Gasteiger partial charge in [0.05, 0.1) is 0 Å². The number of ether oxygens (including phenoxy) is 2. The van der Waals surface area contributed by atoms with Gasteiger partial charge in [-0.25, -0.2) is 0 Å². The SMILES string of the molecule is CCCCNCCCCCCCCCOCCCOCCC. The van der Waals surface area contributed by atoms with Crippen LogP contribution in [0.4, 0.5) is 0 Å². The van der Waals surface area contributed by atoms with Crippen LogP contribution in [0.25, 0.3) is 0 Å². The standard InChI is InChI=1S/C19H41NO2/c1-3-5-14-20-15-11-9-7-6-8-10-12-17-22-19-13-18-21-16-4-2/h20H,3-19H2,1-2H3. The molecule has 0 aromatic rings. The van der Waals surface area contributed by atoms with E-state index >= 15 is 0 Å². The lowest BCUT2D eigenvalue weighted by molar-refractivity contribution is 0.0813. The predicted octanol–water partition coefficient (Wildman–Crippen LogP) is 4.94. The van der Waals surface area contributed by atoms with E-state index in [4.69, 9.17) is 9.47 Å². The number of rotatable bonds is 19. The highest BCUT2D eigenvalue weighted by atomic mass is 16.5. The minimum Gasteiger partial charge on any atom is -0.381 e. The Morgan fingerprint density at radius 2 is 1.05 bits per heavy atom. The van der Waals surface area contributed by atoms with Crippen LogP contribution >= 0.6 is 0 Å². The minimum atomic E-state index is 0.848. The first-order valence-corrected chi connectivity index (χ1v) is 9.78. The molecule has 22 heavy (non-hydrogen) atoms. The highest BCUT2D eigenvalue weighted by Crippen LogP contribution is 2.07. The van der Waals surface area contributed by atoms with Gasteiger partial charge < -0.3 is 14.8 Å². The van der Waals surface area contributed by atoms with Crippen molar-refractivity contribution in [2.45, 2.75) is 84.5 Å². The summed E-state index contributed by atoms with van der Waals surface area (Å²) in [6.45, 7) is 10.3. The first-order chi connectivity index (χ1) is 10.9. The summed E-state index contributed by atoms with van der Waals surface area (Å²) in [4.78, 5) is 0. The van der Waals surface area contributed by atoms with Gasteiger partial charge in [0.25, 0.3) is 0 Å². The van der Waals surface area contributed by atoms with Crippen molar-refractivity contribution in [3.63, 3.8) is 0 Å². The highest BCUT2D eigenvalue weighted by molar-refractivity contribution is 4.50. The van der Waals surface area contributed by atoms with E-state index in [0.717, 1.165) is 39.3 Å². The Morgan fingerprint density at radius 1 is 0.500 bits per heavy atom. The fourth-order valence-electron chi connectivity index (χ4n) is 2.38. The normalized spacial score (nSPS) is 11.2. The fourth-order valence-corrected chi connectivity index (χ4v) is 2.38. The second kappa shape index (κ2) is 20.9. The molecule has 0 aliphatic carbocycles. The average molecular weight is 316 g/mol. The molecule has 0 atom stereocenters. The molecule has 0 amide bonds. The molecule has 0 aromatic carbocycles. The Balaban J connectivity index is 2.91. The monoisotopic (exact) mass is 315 g/mol. The van der Waals surface area contributed by atoms with Crippen molar-refractivity contribution < 1.29 is 9.47 Å². The number of hydrogen-bond acceptors (Lipinski definition) is 3. The Hall–Kier alpha value is -0.120. The van der Waals surface area contributed by atoms with Crippen LogP contribution in [0.2, 0.25) is 0 Å². The lowest BCUT2D eigenvalue weighted by atomic mass is 10.1. The van der Waals surface area contributed by atoms with E-state index < -0.39 is 0 Å². The molecule has 1 N–H and O–H groups in total. The molecule has 0 fully saturated rings. The molecule has 0 spiro atoms. The zero-order valence-corrected chi connectivity index (χ0v) is 15.3. The topological polar surface area (TPSA) is 30.5 Å². The number of hydrogen-bond donors (Lipinski definition) is 1. The Labute approximate surface area is 139 Å². The van der Waals surface area contributed by atoms with Crippen LogP contribution in [0, 0.1) is 0 Å². The average Bonchev–Trinajstić information content (AvgIpc) is 2.54. The van der Waals surface area contributed by atoms with Crippen LogP contribution in [-0.2, 0) is 9.47 Å². The third-order valence-corrected chi connectivity index (χ3v) is 3.78. The van der Waals surface area contributed by atoms with Gasteiger partial charge in [-0.05, 0) is 45.2 Å². The Morgan fingerprint density at radius 3 is 1.73 bits per heavy atom. The van der Waals surface area contributed by atoms with Crippen molar-refractivity contribution >= 4 is 0 Å². The van der Waals surface area contributed by atoms with Crippen molar-refractivity contribution in [2.75, 3.05) is 39.5 Å². The maximum atomic E-state index is 5.62. The van der Waals surface area contributed by atoms with Crippen molar-refractivity contribution in [3.05, 3.63) is 0 Å². The molecule has 0 rings (SSSR count). The number of unbranched alkanes of at least 4 members (excludes halogenated alkanes) is 7. The molecule has 0 aliphatic rings. The first-order valence-electron chi connectivity index (χ1n) is 9.78. The maximum Gasteiger partial charge on any atom is 0.0487 e. The van der Waals surface area contributed by atoms with E-state index in [1.807, 2.05) is 0 Å². The van der Waals surface area contributed by atoms with Gasteiger partial charge in [-0.3, -0.25) is 0 Å². The van der Waals surface area contributed by atoms with Gasteiger partial charge in [0.15, 0.2) is 0 Å². The lowest BCUT2D eigenvalue weighted by Gasteiger charge is -2.05. The van der Waals surface area contributed by atoms with E-state index in [9.17, 15) is 0 Å². The second-order valence-electron chi connectivity index (χ2n) is 6.16. The smallest absolute Gasteiger partial charge is 0.0487 e. The van der Waals surface area contributed by atoms with Crippen LogP contribution in [0.1, 0.15) is 84.5 Å². The fraction of sp³-hybridized carbons (Fsp3) is 1.00. The van der Waals surface area contributed by atoms with Gasteiger partial charge >= 0.3 is 0 Å². The van der Waals surface area contributed by atoms with E-state index in [0.29, 0.717) is 0 Å². The molecule has 0 unspecified atom stereocenters. The summed E-state index contributed by atoms with van der Waals surface area (Å²) in [6, 6.07) is 0. The Bertz CT molecular complexity index is 168. The maximum absolute atomic E-state index is 5.62. The molecule has 0 heterocycles. The number of nitrogens with one attached hydrogen (secondary N) is 1. The molecule has 0 saturated heterocycles. The molecular weight excluding hydrogens is 274 g/mol. The minimum absolute atomic E-state index is 0.848. The van der Waals surface area contributed by atoms with E-state index in [-0.39, 0.29) is 0 Å². The van der Waals surface area contributed by atoms with Crippen molar-refractivity contribution in [2.24, 2.45) is 0 Å². The second-order valence-corrected chi connectivity index (χ2v) is 6.16. The largest absolute Gasteiger partial charge is 0.381 e. The molecule has 3 heteroatoms. The quantitative estimate of drug-likeness (QED) is 0.342. The third-order valence-electron chi connectivity index (χ3n) is 3.78.